The first-order valence-electron chi connectivity index (χ1n) is 7.80. The standard InChI is InChI=1S/C19H16BrN3S/c1-13-12-24-19(21-13)23-18(15-5-3-2-4-6-15)11-17(22-23)14-7-9-16(20)10-8-14/h2-10,12,18H,11H2,1H3/t18-/m0/s1. The Morgan fingerprint density at radius 1 is 1.08 bits per heavy atom. The van der Waals surface area contributed by atoms with Crippen molar-refractivity contribution in [1.29, 1.82) is 0 Å². The van der Waals surface area contributed by atoms with Crippen LogP contribution in [0.15, 0.2) is 69.6 Å². The fourth-order valence-corrected chi connectivity index (χ4v) is 3.95. The van der Waals surface area contributed by atoms with Crippen molar-refractivity contribution < 1.29 is 0 Å². The quantitative estimate of drug-likeness (QED) is 0.577. The lowest BCUT2D eigenvalue weighted by atomic mass is 9.99. The molecule has 5 heteroatoms. The summed E-state index contributed by atoms with van der Waals surface area (Å²) in [6.45, 7) is 2.02. The molecule has 2 heterocycles. The summed E-state index contributed by atoms with van der Waals surface area (Å²) in [6, 6.07) is 19.1. The Morgan fingerprint density at radius 3 is 2.50 bits per heavy atom. The van der Waals surface area contributed by atoms with Crippen LogP contribution in [-0.2, 0) is 0 Å². The molecule has 0 N–H and O–H groups in total. The van der Waals surface area contributed by atoms with Crippen molar-refractivity contribution >= 4 is 38.1 Å². The summed E-state index contributed by atoms with van der Waals surface area (Å²) >= 11 is 5.14. The molecule has 1 aliphatic rings. The second-order valence-corrected chi connectivity index (χ2v) is 7.55. The number of thiazole rings is 1. The number of anilines is 1. The molecule has 24 heavy (non-hydrogen) atoms. The molecule has 1 atom stereocenters. The van der Waals surface area contributed by atoms with Crippen LogP contribution in [0.4, 0.5) is 5.13 Å². The van der Waals surface area contributed by atoms with Crippen LogP contribution in [0.25, 0.3) is 0 Å². The molecule has 0 unspecified atom stereocenters. The Hall–Kier alpha value is -1.98. The lowest BCUT2D eigenvalue weighted by molar-refractivity contribution is 0.705. The molecular formula is C19H16BrN3S. The maximum Gasteiger partial charge on any atom is 0.206 e. The fourth-order valence-electron chi connectivity index (χ4n) is 2.89. The minimum Gasteiger partial charge on any atom is -0.231 e. The summed E-state index contributed by atoms with van der Waals surface area (Å²) in [6.07, 6.45) is 0.879. The van der Waals surface area contributed by atoms with Gasteiger partial charge in [0.25, 0.3) is 0 Å². The van der Waals surface area contributed by atoms with E-state index < -0.39 is 0 Å². The van der Waals surface area contributed by atoms with Crippen molar-refractivity contribution in [3.8, 4) is 0 Å². The van der Waals surface area contributed by atoms with Crippen LogP contribution in [-0.4, -0.2) is 10.7 Å². The summed E-state index contributed by atoms with van der Waals surface area (Å²) in [5.74, 6) is 0. The first kappa shape index (κ1) is 15.5. The molecule has 0 fully saturated rings. The monoisotopic (exact) mass is 397 g/mol. The number of rotatable bonds is 3. The summed E-state index contributed by atoms with van der Waals surface area (Å²) in [4.78, 5) is 4.64. The molecule has 1 aromatic heterocycles. The topological polar surface area (TPSA) is 28.5 Å². The van der Waals surface area contributed by atoms with Crippen LogP contribution in [0.3, 0.4) is 0 Å². The molecule has 0 saturated heterocycles. The van der Waals surface area contributed by atoms with E-state index >= 15 is 0 Å². The third-order valence-electron chi connectivity index (χ3n) is 4.08. The molecule has 120 valence electrons. The van der Waals surface area contributed by atoms with Crippen molar-refractivity contribution in [2.45, 2.75) is 19.4 Å². The van der Waals surface area contributed by atoms with E-state index in [9.17, 15) is 0 Å². The Kier molecular flexibility index (Phi) is 4.21. The highest BCUT2D eigenvalue weighted by molar-refractivity contribution is 9.10. The van der Waals surface area contributed by atoms with Crippen LogP contribution in [0.5, 0.6) is 0 Å². The average Bonchev–Trinajstić information content (AvgIpc) is 3.23. The SMILES string of the molecule is Cc1csc(N2N=C(c3ccc(Br)cc3)C[C@H]2c2ccccc2)n1. The van der Waals surface area contributed by atoms with Gasteiger partial charge in [-0.1, -0.05) is 58.4 Å². The van der Waals surface area contributed by atoms with Crippen LogP contribution < -0.4 is 5.01 Å². The van der Waals surface area contributed by atoms with Gasteiger partial charge in [-0.2, -0.15) is 5.10 Å². The molecule has 0 saturated carbocycles. The van der Waals surface area contributed by atoms with E-state index in [4.69, 9.17) is 5.10 Å². The number of benzene rings is 2. The van der Waals surface area contributed by atoms with Gasteiger partial charge in [0.05, 0.1) is 17.4 Å². The highest BCUT2D eigenvalue weighted by Gasteiger charge is 2.31. The van der Waals surface area contributed by atoms with Gasteiger partial charge in [0.2, 0.25) is 5.13 Å². The number of hydrogen-bond donors (Lipinski definition) is 0. The number of hydrogen-bond acceptors (Lipinski definition) is 4. The lowest BCUT2D eigenvalue weighted by Crippen LogP contribution is -2.18. The molecule has 0 aliphatic carbocycles. The summed E-state index contributed by atoms with van der Waals surface area (Å²) in [7, 11) is 0. The van der Waals surface area contributed by atoms with Crippen molar-refractivity contribution in [1.82, 2.24) is 4.98 Å². The van der Waals surface area contributed by atoms with E-state index in [0.29, 0.717) is 0 Å². The first-order chi connectivity index (χ1) is 11.7. The van der Waals surface area contributed by atoms with Crippen molar-refractivity contribution in [2.75, 3.05) is 5.01 Å². The van der Waals surface area contributed by atoms with Crippen LogP contribution in [0.2, 0.25) is 0 Å². The molecule has 1 aliphatic heterocycles. The lowest BCUT2D eigenvalue weighted by Gasteiger charge is -2.21. The second kappa shape index (κ2) is 6.49. The predicted molar refractivity (Wildman–Crippen MR) is 104 cm³/mol. The van der Waals surface area contributed by atoms with Crippen LogP contribution in [0.1, 0.15) is 29.3 Å². The number of hydrazone groups is 1. The third kappa shape index (κ3) is 3.01. The minimum absolute atomic E-state index is 0.190. The van der Waals surface area contributed by atoms with E-state index in [2.05, 4.69) is 79.8 Å². The average molecular weight is 398 g/mol. The predicted octanol–water partition coefficient (Wildman–Crippen LogP) is 5.57. The Morgan fingerprint density at radius 2 is 1.83 bits per heavy atom. The zero-order chi connectivity index (χ0) is 16.5. The molecule has 0 bridgehead atoms. The van der Waals surface area contributed by atoms with Gasteiger partial charge in [-0.05, 0) is 30.2 Å². The van der Waals surface area contributed by atoms with Gasteiger partial charge in [-0.15, -0.1) is 11.3 Å². The van der Waals surface area contributed by atoms with Gasteiger partial charge in [-0.25, -0.2) is 9.99 Å². The largest absolute Gasteiger partial charge is 0.231 e. The second-order valence-electron chi connectivity index (χ2n) is 5.80. The zero-order valence-corrected chi connectivity index (χ0v) is 15.6. The summed E-state index contributed by atoms with van der Waals surface area (Å²) in [5.41, 5.74) is 4.56. The van der Waals surface area contributed by atoms with Gasteiger partial charge < -0.3 is 0 Å². The maximum atomic E-state index is 4.91. The first-order valence-corrected chi connectivity index (χ1v) is 9.48. The van der Waals surface area contributed by atoms with E-state index in [0.717, 1.165) is 33.0 Å². The molecule has 0 spiro atoms. The van der Waals surface area contributed by atoms with E-state index in [-0.39, 0.29) is 6.04 Å². The molecule has 0 amide bonds. The van der Waals surface area contributed by atoms with Crippen molar-refractivity contribution in [2.24, 2.45) is 5.10 Å². The van der Waals surface area contributed by atoms with Gasteiger partial charge in [0.1, 0.15) is 0 Å². The molecule has 4 rings (SSSR count). The molecule has 3 nitrogen and oxygen atoms in total. The van der Waals surface area contributed by atoms with Crippen molar-refractivity contribution in [3.05, 3.63) is 81.3 Å². The highest BCUT2D eigenvalue weighted by atomic mass is 79.9. The summed E-state index contributed by atoms with van der Waals surface area (Å²) < 4.78 is 1.08. The van der Waals surface area contributed by atoms with Gasteiger partial charge in [-0.3, -0.25) is 0 Å². The number of aryl methyl sites for hydroxylation is 1. The zero-order valence-electron chi connectivity index (χ0n) is 13.2. The normalized spacial score (nSPS) is 17.2. The molecule has 0 radical (unpaired) electrons. The van der Waals surface area contributed by atoms with Crippen LogP contribution in [0, 0.1) is 6.92 Å². The summed E-state index contributed by atoms with van der Waals surface area (Å²) in [5, 5.41) is 10.0. The Bertz CT molecular complexity index is 871. The van der Waals surface area contributed by atoms with Gasteiger partial charge in [0.15, 0.2) is 0 Å². The fraction of sp³-hybridized carbons (Fsp3) is 0.158. The number of aromatic nitrogens is 1. The Labute approximate surface area is 153 Å². The smallest absolute Gasteiger partial charge is 0.206 e. The molecule has 2 aromatic carbocycles. The number of halogens is 1. The van der Waals surface area contributed by atoms with E-state index in [1.807, 2.05) is 13.0 Å². The van der Waals surface area contributed by atoms with Crippen molar-refractivity contribution in [3.63, 3.8) is 0 Å². The Balaban J connectivity index is 1.74. The van der Waals surface area contributed by atoms with Gasteiger partial charge in [0, 0.05) is 16.3 Å². The number of nitrogens with zero attached hydrogens (tertiary/aromatic N) is 3. The maximum absolute atomic E-state index is 4.91. The third-order valence-corrected chi connectivity index (χ3v) is 5.55. The molecule has 3 aromatic rings. The molecular weight excluding hydrogens is 382 g/mol. The van der Waals surface area contributed by atoms with E-state index in [1.165, 1.54) is 5.56 Å². The van der Waals surface area contributed by atoms with E-state index in [1.54, 1.807) is 11.3 Å². The minimum atomic E-state index is 0.190. The van der Waals surface area contributed by atoms with Gasteiger partial charge >= 0.3 is 0 Å². The highest BCUT2D eigenvalue weighted by Crippen LogP contribution is 2.38. The van der Waals surface area contributed by atoms with Crippen LogP contribution >= 0.6 is 27.3 Å².